The summed E-state index contributed by atoms with van der Waals surface area (Å²) >= 11 is 6.79. The van der Waals surface area contributed by atoms with Crippen LogP contribution < -0.4 is 0 Å². The minimum absolute atomic E-state index is 0.0393. The van der Waals surface area contributed by atoms with Crippen LogP contribution in [0.1, 0.15) is 12.5 Å². The molecular weight excluding hydrogens is 264 g/mol. The lowest BCUT2D eigenvalue weighted by molar-refractivity contribution is -0.385. The SMILES string of the molecule is CC(=O)SCC#Cc1cc([N+](=O)[O-])cnc1Cl. The number of hydrogen-bond donors (Lipinski definition) is 0. The van der Waals surface area contributed by atoms with Crippen molar-refractivity contribution < 1.29 is 9.72 Å². The van der Waals surface area contributed by atoms with E-state index in [1.54, 1.807) is 0 Å². The zero-order chi connectivity index (χ0) is 12.8. The first-order valence-electron chi connectivity index (χ1n) is 4.43. The van der Waals surface area contributed by atoms with Gasteiger partial charge in [-0.15, -0.1) is 0 Å². The molecule has 17 heavy (non-hydrogen) atoms. The van der Waals surface area contributed by atoms with Crippen LogP contribution in [0.3, 0.4) is 0 Å². The molecule has 1 aromatic rings. The van der Waals surface area contributed by atoms with Crippen LogP contribution in [-0.4, -0.2) is 20.8 Å². The van der Waals surface area contributed by atoms with E-state index < -0.39 is 4.92 Å². The van der Waals surface area contributed by atoms with E-state index in [4.69, 9.17) is 11.6 Å². The molecule has 5 nitrogen and oxygen atoms in total. The van der Waals surface area contributed by atoms with Crippen LogP contribution >= 0.6 is 23.4 Å². The normalized spacial score (nSPS) is 9.29. The molecule has 0 aliphatic heterocycles. The number of thioether (sulfide) groups is 1. The van der Waals surface area contributed by atoms with Crippen molar-refractivity contribution in [2.75, 3.05) is 5.75 Å². The number of carbonyl (C=O) groups excluding carboxylic acids is 1. The summed E-state index contributed by atoms with van der Waals surface area (Å²) in [6, 6.07) is 1.25. The summed E-state index contributed by atoms with van der Waals surface area (Å²) in [6.45, 7) is 1.44. The van der Waals surface area contributed by atoms with Gasteiger partial charge in [-0.2, -0.15) is 0 Å². The average molecular weight is 271 g/mol. The molecule has 7 heteroatoms. The van der Waals surface area contributed by atoms with Gasteiger partial charge in [0.15, 0.2) is 5.12 Å². The molecule has 0 saturated heterocycles. The Labute approximate surface area is 107 Å². The van der Waals surface area contributed by atoms with Gasteiger partial charge >= 0.3 is 0 Å². The number of hydrogen-bond acceptors (Lipinski definition) is 5. The van der Waals surface area contributed by atoms with E-state index >= 15 is 0 Å². The molecular formula is C10H7ClN2O3S. The van der Waals surface area contributed by atoms with Crippen molar-refractivity contribution in [3.8, 4) is 11.8 Å². The van der Waals surface area contributed by atoms with Crippen molar-refractivity contribution in [1.29, 1.82) is 0 Å². The fourth-order valence-electron chi connectivity index (χ4n) is 0.894. The Morgan fingerprint density at radius 1 is 1.71 bits per heavy atom. The fraction of sp³-hybridized carbons (Fsp3) is 0.200. The maximum atomic E-state index is 10.6. The molecule has 1 aromatic heterocycles. The highest BCUT2D eigenvalue weighted by molar-refractivity contribution is 8.13. The van der Waals surface area contributed by atoms with Crippen LogP contribution in [0.15, 0.2) is 12.3 Å². The number of halogens is 1. The summed E-state index contributed by atoms with van der Waals surface area (Å²) in [5.41, 5.74) is 0.114. The van der Waals surface area contributed by atoms with E-state index in [0.29, 0.717) is 5.75 Å². The molecule has 1 rings (SSSR count). The summed E-state index contributed by atoms with van der Waals surface area (Å²) in [5, 5.41) is 10.6. The maximum absolute atomic E-state index is 10.6. The Hall–Kier alpha value is -1.58. The van der Waals surface area contributed by atoms with Crippen molar-refractivity contribution >= 4 is 34.2 Å². The van der Waals surface area contributed by atoms with Gasteiger partial charge in [0, 0.05) is 13.0 Å². The van der Waals surface area contributed by atoms with Crippen LogP contribution in [0.4, 0.5) is 5.69 Å². The second kappa shape index (κ2) is 6.23. The zero-order valence-corrected chi connectivity index (χ0v) is 10.3. The summed E-state index contributed by atoms with van der Waals surface area (Å²) in [7, 11) is 0. The molecule has 0 unspecified atom stereocenters. The molecule has 1 heterocycles. The molecule has 0 bridgehead atoms. The van der Waals surface area contributed by atoms with Crippen molar-refractivity contribution in [2.45, 2.75) is 6.92 Å². The van der Waals surface area contributed by atoms with Crippen LogP contribution in [0, 0.1) is 22.0 Å². The standard InChI is InChI=1S/C10H7ClN2O3S/c1-7(14)17-4-2-3-8-5-9(13(15)16)6-12-10(8)11/h5-6H,4H2,1H3. The molecule has 0 aromatic carbocycles. The molecule has 0 atom stereocenters. The maximum Gasteiger partial charge on any atom is 0.288 e. The monoisotopic (exact) mass is 270 g/mol. The Balaban J connectivity index is 2.86. The van der Waals surface area contributed by atoms with E-state index in [9.17, 15) is 14.9 Å². The summed E-state index contributed by atoms with van der Waals surface area (Å²) in [5.74, 6) is 5.64. The van der Waals surface area contributed by atoms with E-state index in [2.05, 4.69) is 16.8 Å². The first-order chi connectivity index (χ1) is 8.00. The van der Waals surface area contributed by atoms with Crippen molar-refractivity contribution in [3.05, 3.63) is 33.1 Å². The number of carbonyl (C=O) groups is 1. The quantitative estimate of drug-likeness (QED) is 0.357. The minimum atomic E-state index is -0.571. The van der Waals surface area contributed by atoms with Crippen LogP contribution in [-0.2, 0) is 4.79 Å². The van der Waals surface area contributed by atoms with Gasteiger partial charge in [-0.3, -0.25) is 14.9 Å². The van der Waals surface area contributed by atoms with Crippen LogP contribution in [0.2, 0.25) is 5.15 Å². The predicted molar refractivity (Wildman–Crippen MR) is 65.9 cm³/mol. The van der Waals surface area contributed by atoms with E-state index in [1.807, 2.05) is 0 Å². The number of nitro groups is 1. The Kier molecular flexibility index (Phi) is 4.94. The summed E-state index contributed by atoms with van der Waals surface area (Å²) in [6.07, 6.45) is 1.07. The Morgan fingerprint density at radius 2 is 2.41 bits per heavy atom. The van der Waals surface area contributed by atoms with Crippen molar-refractivity contribution in [2.24, 2.45) is 0 Å². The van der Waals surface area contributed by atoms with Gasteiger partial charge in [-0.1, -0.05) is 35.2 Å². The molecule has 0 N–H and O–H groups in total. The van der Waals surface area contributed by atoms with Crippen molar-refractivity contribution in [1.82, 2.24) is 4.98 Å². The Bertz CT molecular complexity index is 522. The molecule has 0 radical (unpaired) electrons. The molecule has 0 aliphatic rings. The smallest absolute Gasteiger partial charge is 0.288 e. The molecule has 0 saturated carbocycles. The van der Waals surface area contributed by atoms with Crippen molar-refractivity contribution in [3.63, 3.8) is 0 Å². The van der Waals surface area contributed by atoms with E-state index in [-0.39, 0.29) is 21.5 Å². The first-order valence-corrected chi connectivity index (χ1v) is 5.79. The highest BCUT2D eigenvalue weighted by atomic mass is 35.5. The molecule has 0 fully saturated rings. The van der Waals surface area contributed by atoms with Gasteiger partial charge in [0.25, 0.3) is 5.69 Å². The molecule has 0 spiro atoms. The fourth-order valence-corrected chi connectivity index (χ4v) is 1.39. The second-order valence-electron chi connectivity index (χ2n) is 2.87. The third kappa shape index (κ3) is 4.43. The third-order valence-corrected chi connectivity index (χ3v) is 2.60. The third-order valence-electron chi connectivity index (χ3n) is 1.61. The number of pyridine rings is 1. The second-order valence-corrected chi connectivity index (χ2v) is 4.38. The van der Waals surface area contributed by atoms with E-state index in [0.717, 1.165) is 18.0 Å². The molecule has 88 valence electrons. The topological polar surface area (TPSA) is 73.1 Å². The first kappa shape index (κ1) is 13.5. The van der Waals surface area contributed by atoms with Gasteiger partial charge < -0.3 is 0 Å². The molecule has 0 aliphatic carbocycles. The molecule has 0 amide bonds. The highest BCUT2D eigenvalue weighted by Gasteiger charge is 2.09. The van der Waals surface area contributed by atoms with Gasteiger partial charge in [0.2, 0.25) is 0 Å². The highest BCUT2D eigenvalue weighted by Crippen LogP contribution is 2.17. The van der Waals surface area contributed by atoms with Crippen LogP contribution in [0.5, 0.6) is 0 Å². The largest absolute Gasteiger partial charge is 0.288 e. The van der Waals surface area contributed by atoms with Gasteiger partial charge in [0.05, 0.1) is 16.2 Å². The average Bonchev–Trinajstić information content (AvgIpc) is 2.25. The summed E-state index contributed by atoms with van der Waals surface area (Å²) < 4.78 is 0. The van der Waals surface area contributed by atoms with E-state index in [1.165, 1.54) is 13.0 Å². The van der Waals surface area contributed by atoms with Crippen LogP contribution in [0.25, 0.3) is 0 Å². The van der Waals surface area contributed by atoms with Gasteiger partial charge in [-0.05, 0) is 0 Å². The van der Waals surface area contributed by atoms with Gasteiger partial charge in [0.1, 0.15) is 11.3 Å². The predicted octanol–water partition coefficient (Wildman–Crippen LogP) is 2.27. The number of aromatic nitrogens is 1. The lowest BCUT2D eigenvalue weighted by atomic mass is 10.2. The lowest BCUT2D eigenvalue weighted by Gasteiger charge is -1.94. The number of nitrogens with zero attached hydrogens (tertiary/aromatic N) is 2. The Morgan fingerprint density at radius 3 is 3.00 bits per heavy atom. The number of rotatable bonds is 2. The summed E-state index contributed by atoms with van der Waals surface area (Å²) in [4.78, 5) is 24.2. The minimum Gasteiger partial charge on any atom is -0.288 e. The lowest BCUT2D eigenvalue weighted by Crippen LogP contribution is -1.91. The van der Waals surface area contributed by atoms with Gasteiger partial charge in [-0.25, -0.2) is 4.98 Å². The zero-order valence-electron chi connectivity index (χ0n) is 8.77.